The number of ether oxygens (including phenoxy) is 1. The molecule has 0 unspecified atom stereocenters. The van der Waals surface area contributed by atoms with E-state index in [2.05, 4.69) is 17.4 Å². The number of amides is 1. The lowest BCUT2D eigenvalue weighted by molar-refractivity contribution is -0.119. The molecule has 1 amide bonds. The zero-order valence-corrected chi connectivity index (χ0v) is 21.1. The van der Waals surface area contributed by atoms with E-state index in [1.165, 1.54) is 5.56 Å². The van der Waals surface area contributed by atoms with Gasteiger partial charge in [0.2, 0.25) is 5.91 Å². The van der Waals surface area contributed by atoms with Crippen LogP contribution in [0.15, 0.2) is 83.8 Å². The van der Waals surface area contributed by atoms with Crippen LogP contribution in [0.5, 0.6) is 5.75 Å². The van der Waals surface area contributed by atoms with E-state index >= 15 is 0 Å². The first-order valence-electron chi connectivity index (χ1n) is 11.1. The van der Waals surface area contributed by atoms with Gasteiger partial charge in [-0.15, -0.1) is 0 Å². The largest absolute Gasteiger partial charge is 0.494 e. The van der Waals surface area contributed by atoms with Gasteiger partial charge in [-0.2, -0.15) is 11.8 Å². The molecule has 8 heteroatoms. The van der Waals surface area contributed by atoms with Crippen molar-refractivity contribution in [3.63, 3.8) is 0 Å². The number of nitrogens with zero attached hydrogens (tertiary/aromatic N) is 1. The number of nitrogens with one attached hydrogen (secondary N) is 1. The number of aryl methyl sites for hydroxylation is 1. The molecule has 3 aromatic rings. The second-order valence-corrected chi connectivity index (χ2v) is 10.6. The van der Waals surface area contributed by atoms with Crippen LogP contribution in [0.2, 0.25) is 0 Å². The van der Waals surface area contributed by atoms with Crippen LogP contribution >= 0.6 is 11.8 Å². The average Bonchev–Trinajstić information content (AvgIpc) is 2.84. The molecule has 0 spiro atoms. The standard InChI is InChI=1S/C26H30N2O4S2/c1-3-32-24-13-11-23(12-14-24)28(34(30,31)25-15-9-21(2)10-16-25)19-26(29)27-17-18-33-20-22-7-5-4-6-8-22/h4-16H,3,17-20H2,1-2H3,(H,27,29). The van der Waals surface area contributed by atoms with Gasteiger partial charge in [-0.25, -0.2) is 8.42 Å². The predicted molar refractivity (Wildman–Crippen MR) is 139 cm³/mol. The molecule has 0 saturated heterocycles. The predicted octanol–water partition coefficient (Wildman–Crippen LogP) is 4.64. The van der Waals surface area contributed by atoms with Crippen molar-refractivity contribution >= 4 is 33.4 Å². The van der Waals surface area contributed by atoms with Crippen molar-refractivity contribution in [1.29, 1.82) is 0 Å². The molecule has 1 N–H and O–H groups in total. The summed E-state index contributed by atoms with van der Waals surface area (Å²) in [6.45, 7) is 4.43. The fourth-order valence-electron chi connectivity index (χ4n) is 3.24. The Morgan fingerprint density at radius 1 is 0.971 bits per heavy atom. The van der Waals surface area contributed by atoms with Crippen molar-refractivity contribution in [2.75, 3.05) is 29.8 Å². The summed E-state index contributed by atoms with van der Waals surface area (Å²) < 4.78 is 33.5. The SMILES string of the molecule is CCOc1ccc(N(CC(=O)NCCSCc2ccccc2)S(=O)(=O)c2ccc(C)cc2)cc1. The lowest BCUT2D eigenvalue weighted by atomic mass is 10.2. The maximum atomic E-state index is 13.4. The van der Waals surface area contributed by atoms with Crippen LogP contribution in [0.1, 0.15) is 18.1 Å². The number of thioether (sulfide) groups is 1. The summed E-state index contributed by atoms with van der Waals surface area (Å²) in [5.74, 6) is 1.87. The number of rotatable bonds is 12. The summed E-state index contributed by atoms with van der Waals surface area (Å²) in [6.07, 6.45) is 0. The summed E-state index contributed by atoms with van der Waals surface area (Å²) >= 11 is 1.71. The van der Waals surface area contributed by atoms with E-state index in [0.717, 1.165) is 21.4 Å². The van der Waals surface area contributed by atoms with Gasteiger partial charge in [0.1, 0.15) is 12.3 Å². The van der Waals surface area contributed by atoms with Gasteiger partial charge in [0, 0.05) is 18.1 Å². The van der Waals surface area contributed by atoms with E-state index < -0.39 is 10.0 Å². The molecule has 0 heterocycles. The fourth-order valence-corrected chi connectivity index (χ4v) is 5.48. The highest BCUT2D eigenvalue weighted by Crippen LogP contribution is 2.26. The third kappa shape index (κ3) is 7.27. The second kappa shape index (κ2) is 12.5. The van der Waals surface area contributed by atoms with Crippen LogP contribution in [0, 0.1) is 6.92 Å². The molecular formula is C26H30N2O4S2. The maximum Gasteiger partial charge on any atom is 0.264 e. The van der Waals surface area contributed by atoms with Gasteiger partial charge in [-0.3, -0.25) is 9.10 Å². The molecule has 0 bridgehead atoms. The van der Waals surface area contributed by atoms with Crippen LogP contribution in [0.4, 0.5) is 5.69 Å². The van der Waals surface area contributed by atoms with Crippen molar-refractivity contribution in [3.05, 3.63) is 90.0 Å². The summed E-state index contributed by atoms with van der Waals surface area (Å²) in [5.41, 5.74) is 2.58. The number of benzene rings is 3. The van der Waals surface area contributed by atoms with Crippen LogP contribution < -0.4 is 14.4 Å². The minimum Gasteiger partial charge on any atom is -0.494 e. The zero-order valence-electron chi connectivity index (χ0n) is 19.4. The van der Waals surface area contributed by atoms with E-state index in [1.807, 2.05) is 32.0 Å². The molecule has 0 aliphatic heterocycles. The first-order chi connectivity index (χ1) is 16.4. The van der Waals surface area contributed by atoms with Crippen LogP contribution in [-0.2, 0) is 20.6 Å². The molecule has 34 heavy (non-hydrogen) atoms. The van der Waals surface area contributed by atoms with Crippen LogP contribution in [-0.4, -0.2) is 39.8 Å². The molecule has 0 atom stereocenters. The molecule has 3 rings (SSSR count). The Kier molecular flexibility index (Phi) is 9.42. The third-order valence-electron chi connectivity index (χ3n) is 5.01. The Bertz CT molecular complexity index is 1150. The average molecular weight is 499 g/mol. The second-order valence-electron chi connectivity index (χ2n) is 7.64. The molecule has 0 fully saturated rings. The van der Waals surface area contributed by atoms with E-state index in [0.29, 0.717) is 24.6 Å². The number of carbonyl (C=O) groups excluding carboxylic acids is 1. The van der Waals surface area contributed by atoms with Gasteiger partial charge < -0.3 is 10.1 Å². The Balaban J connectivity index is 1.67. The fraction of sp³-hybridized carbons (Fsp3) is 0.269. The number of carbonyl (C=O) groups is 1. The van der Waals surface area contributed by atoms with Crippen molar-refractivity contribution in [1.82, 2.24) is 5.32 Å². The van der Waals surface area contributed by atoms with Gasteiger partial charge in [0.15, 0.2) is 0 Å². The van der Waals surface area contributed by atoms with Crippen molar-refractivity contribution < 1.29 is 17.9 Å². The summed E-state index contributed by atoms with van der Waals surface area (Å²) in [4.78, 5) is 12.8. The summed E-state index contributed by atoms with van der Waals surface area (Å²) in [5, 5.41) is 2.84. The topological polar surface area (TPSA) is 75.7 Å². The third-order valence-corrected chi connectivity index (χ3v) is 7.83. The van der Waals surface area contributed by atoms with Gasteiger partial charge in [0.25, 0.3) is 10.0 Å². The number of hydrogen-bond donors (Lipinski definition) is 1. The summed E-state index contributed by atoms with van der Waals surface area (Å²) in [7, 11) is -3.94. The molecule has 0 saturated carbocycles. The molecule has 6 nitrogen and oxygen atoms in total. The highest BCUT2D eigenvalue weighted by Gasteiger charge is 2.27. The van der Waals surface area contributed by atoms with E-state index in [4.69, 9.17) is 4.74 Å². The van der Waals surface area contributed by atoms with Crippen molar-refractivity contribution in [2.45, 2.75) is 24.5 Å². The smallest absolute Gasteiger partial charge is 0.264 e. The Hall–Kier alpha value is -2.97. The zero-order chi connectivity index (χ0) is 24.4. The Morgan fingerprint density at radius 3 is 2.29 bits per heavy atom. The monoisotopic (exact) mass is 498 g/mol. The Morgan fingerprint density at radius 2 is 1.65 bits per heavy atom. The van der Waals surface area contributed by atoms with Gasteiger partial charge in [-0.05, 0) is 55.8 Å². The molecule has 0 aliphatic rings. The first-order valence-corrected chi connectivity index (χ1v) is 13.7. The van der Waals surface area contributed by atoms with Gasteiger partial charge in [-0.1, -0.05) is 48.0 Å². The molecule has 0 aliphatic carbocycles. The minimum atomic E-state index is -3.94. The lowest BCUT2D eigenvalue weighted by Gasteiger charge is -2.24. The first kappa shape index (κ1) is 25.6. The molecule has 0 radical (unpaired) electrons. The molecule has 3 aromatic carbocycles. The van der Waals surface area contributed by atoms with Crippen LogP contribution in [0.25, 0.3) is 0 Å². The van der Waals surface area contributed by atoms with E-state index in [1.54, 1.807) is 60.3 Å². The van der Waals surface area contributed by atoms with E-state index in [-0.39, 0.29) is 17.3 Å². The normalized spacial score (nSPS) is 11.1. The number of hydrogen-bond acceptors (Lipinski definition) is 5. The Labute approximate surface area is 206 Å². The highest BCUT2D eigenvalue weighted by atomic mass is 32.2. The lowest BCUT2D eigenvalue weighted by Crippen LogP contribution is -2.41. The number of sulfonamides is 1. The maximum absolute atomic E-state index is 13.4. The molecule has 180 valence electrons. The van der Waals surface area contributed by atoms with Crippen LogP contribution in [0.3, 0.4) is 0 Å². The summed E-state index contributed by atoms with van der Waals surface area (Å²) in [6, 6.07) is 23.4. The van der Waals surface area contributed by atoms with Gasteiger partial charge >= 0.3 is 0 Å². The van der Waals surface area contributed by atoms with Crippen molar-refractivity contribution in [3.8, 4) is 5.75 Å². The quantitative estimate of drug-likeness (QED) is 0.368. The van der Waals surface area contributed by atoms with Crippen molar-refractivity contribution in [2.24, 2.45) is 0 Å². The highest BCUT2D eigenvalue weighted by molar-refractivity contribution is 7.98. The van der Waals surface area contributed by atoms with Gasteiger partial charge in [0.05, 0.1) is 17.2 Å². The minimum absolute atomic E-state index is 0.137. The molecular weight excluding hydrogens is 468 g/mol. The number of anilines is 1. The molecule has 0 aromatic heterocycles. The van der Waals surface area contributed by atoms with E-state index in [9.17, 15) is 13.2 Å².